The van der Waals surface area contributed by atoms with Crippen LogP contribution in [0.15, 0.2) is 11.6 Å². The van der Waals surface area contributed by atoms with Crippen molar-refractivity contribution in [1.29, 1.82) is 0 Å². The van der Waals surface area contributed by atoms with Gasteiger partial charge in [0.15, 0.2) is 25.0 Å². The van der Waals surface area contributed by atoms with Gasteiger partial charge in [0.2, 0.25) is 0 Å². The highest BCUT2D eigenvalue weighted by Crippen LogP contribution is 2.76. The average Bonchev–Trinajstić information content (AvgIpc) is 3.26. The Kier molecular flexibility index (Phi) is 13.6. The maximum atomic E-state index is 12.3. The summed E-state index contributed by atoms with van der Waals surface area (Å²) in [6.07, 6.45) is -17.8. The number of hydrogen-bond donors (Lipinski definition) is 12. The van der Waals surface area contributed by atoms with Crippen molar-refractivity contribution in [2.24, 2.45) is 50.2 Å². The molecule has 0 aromatic carbocycles. The van der Waals surface area contributed by atoms with E-state index in [-0.39, 0.29) is 47.2 Å². The van der Waals surface area contributed by atoms with E-state index in [1.807, 2.05) is 20.8 Å². The van der Waals surface area contributed by atoms with Crippen molar-refractivity contribution in [2.45, 2.75) is 204 Å². The number of aliphatic hydroxyl groups is 11. The van der Waals surface area contributed by atoms with Crippen LogP contribution >= 0.6 is 0 Å². The van der Waals surface area contributed by atoms with E-state index < -0.39 is 133 Å². The van der Waals surface area contributed by atoms with Crippen LogP contribution in [0.25, 0.3) is 0 Å². The second-order valence-corrected chi connectivity index (χ2v) is 23.2. The summed E-state index contributed by atoms with van der Waals surface area (Å²) in [5.41, 5.74) is -1.56. The lowest BCUT2D eigenvalue weighted by Gasteiger charge is -2.72. The van der Waals surface area contributed by atoms with Gasteiger partial charge in [-0.25, -0.2) is 4.79 Å². The van der Waals surface area contributed by atoms with Crippen molar-refractivity contribution >= 4 is 5.97 Å². The van der Waals surface area contributed by atoms with Crippen molar-refractivity contribution in [2.75, 3.05) is 19.8 Å². The summed E-state index contributed by atoms with van der Waals surface area (Å²) in [6.45, 7) is 13.9. The van der Waals surface area contributed by atoms with Crippen LogP contribution in [-0.2, 0) is 33.2 Å². The molecule has 3 heterocycles. The Hall–Kier alpha value is -1.47. The van der Waals surface area contributed by atoms with Gasteiger partial charge in [0, 0.05) is 10.8 Å². The van der Waals surface area contributed by atoms with Crippen molar-refractivity contribution in [1.82, 2.24) is 0 Å². The highest BCUT2D eigenvalue weighted by molar-refractivity contribution is 5.73. The van der Waals surface area contributed by atoms with Crippen molar-refractivity contribution in [3.05, 3.63) is 11.6 Å². The van der Waals surface area contributed by atoms with Crippen LogP contribution in [0.2, 0.25) is 0 Å². The minimum Gasteiger partial charge on any atom is -0.479 e. The molecule has 66 heavy (non-hydrogen) atoms. The summed E-state index contributed by atoms with van der Waals surface area (Å²) in [5, 5.41) is 129. The summed E-state index contributed by atoms with van der Waals surface area (Å²) in [7, 11) is 0. The van der Waals surface area contributed by atoms with Gasteiger partial charge in [-0.15, -0.1) is 0 Å². The number of allylic oxidation sites excluding steroid dienone is 2. The fraction of sp³-hybridized carbons (Fsp3) is 0.936. The van der Waals surface area contributed by atoms with Gasteiger partial charge in [-0.2, -0.15) is 0 Å². The zero-order valence-corrected chi connectivity index (χ0v) is 39.1. The molecule has 378 valence electrons. The number of carbonyl (C=O) groups is 1. The van der Waals surface area contributed by atoms with E-state index in [2.05, 4.69) is 33.8 Å². The molecule has 19 nitrogen and oxygen atoms in total. The van der Waals surface area contributed by atoms with Gasteiger partial charge in [0.1, 0.15) is 61.0 Å². The molecule has 8 aliphatic rings. The SMILES string of the molecule is CC1(C)CC2C3=CCC4[C@@]5(C)CC[C@H](O[C@@H]6O[C@H](C(=O)O)[C@@H](O)[C@H](O)[C@H]6O[C@@H]6O[C@H](CO)[C@H](O)[C@H](O)[C@H]6O)[C@](C)(CO)C5CC[C@@]4(C)[C@]3(C)CC[C@@]2(C)[C@H](O[C@@H]2OC[C@H](O)[C@H](O)[C@H]2O)[C@@H]1O. The van der Waals surface area contributed by atoms with Crippen LogP contribution in [0, 0.1) is 50.2 Å². The summed E-state index contributed by atoms with van der Waals surface area (Å²) in [6, 6.07) is 0. The van der Waals surface area contributed by atoms with Crippen LogP contribution in [0.5, 0.6) is 0 Å². The molecule has 5 aliphatic carbocycles. The molecule has 19 heteroatoms. The molecule has 3 aliphatic heterocycles. The lowest BCUT2D eigenvalue weighted by Crippen LogP contribution is -2.69. The Morgan fingerprint density at radius 1 is 0.697 bits per heavy atom. The molecule has 0 spiro atoms. The highest BCUT2D eigenvalue weighted by atomic mass is 16.8. The second kappa shape index (κ2) is 17.7. The Morgan fingerprint density at radius 2 is 1.38 bits per heavy atom. The van der Waals surface area contributed by atoms with E-state index in [9.17, 15) is 66.1 Å². The number of aliphatic hydroxyl groups excluding tert-OH is 11. The van der Waals surface area contributed by atoms with Crippen molar-refractivity contribution < 1.29 is 94.5 Å². The fourth-order valence-electron chi connectivity index (χ4n) is 14.9. The van der Waals surface area contributed by atoms with E-state index in [4.69, 9.17) is 28.4 Å². The number of fused-ring (bicyclic) bond motifs is 7. The molecule has 12 N–H and O–H groups in total. The molecule has 0 amide bonds. The first-order chi connectivity index (χ1) is 30.7. The third-order valence-corrected chi connectivity index (χ3v) is 19.4. The number of carboxylic acids is 1. The van der Waals surface area contributed by atoms with Crippen LogP contribution in [0.1, 0.15) is 99.8 Å². The summed E-state index contributed by atoms with van der Waals surface area (Å²) in [4.78, 5) is 12.3. The summed E-state index contributed by atoms with van der Waals surface area (Å²) < 4.78 is 36.2. The molecule has 0 bridgehead atoms. The second-order valence-electron chi connectivity index (χ2n) is 23.2. The summed E-state index contributed by atoms with van der Waals surface area (Å²) in [5.74, 6) is -1.54. The normalized spacial score (nSPS) is 55.9. The van der Waals surface area contributed by atoms with Crippen molar-refractivity contribution in [3.63, 3.8) is 0 Å². The average molecular weight is 945 g/mol. The van der Waals surface area contributed by atoms with E-state index in [0.29, 0.717) is 32.1 Å². The lowest BCUT2D eigenvalue weighted by molar-refractivity contribution is -0.375. The molecule has 7 fully saturated rings. The molecule has 0 aromatic heterocycles. The van der Waals surface area contributed by atoms with E-state index in [0.717, 1.165) is 19.3 Å². The topological polar surface area (TPSA) is 315 Å². The molecule has 3 unspecified atom stereocenters. The largest absolute Gasteiger partial charge is 0.479 e. The van der Waals surface area contributed by atoms with Gasteiger partial charge in [-0.3, -0.25) is 0 Å². The zero-order chi connectivity index (χ0) is 48.4. The Balaban J connectivity index is 1.06. The smallest absolute Gasteiger partial charge is 0.335 e. The summed E-state index contributed by atoms with van der Waals surface area (Å²) >= 11 is 0. The predicted molar refractivity (Wildman–Crippen MR) is 227 cm³/mol. The van der Waals surface area contributed by atoms with Crippen LogP contribution in [-0.4, -0.2) is 191 Å². The quantitative estimate of drug-likeness (QED) is 0.100. The van der Waals surface area contributed by atoms with E-state index >= 15 is 0 Å². The van der Waals surface area contributed by atoms with E-state index in [1.54, 1.807) is 0 Å². The van der Waals surface area contributed by atoms with Crippen LogP contribution in [0.3, 0.4) is 0 Å². The zero-order valence-electron chi connectivity index (χ0n) is 39.1. The van der Waals surface area contributed by atoms with Crippen molar-refractivity contribution in [3.8, 4) is 0 Å². The fourth-order valence-corrected chi connectivity index (χ4v) is 14.9. The van der Waals surface area contributed by atoms with Gasteiger partial charge in [-0.05, 0) is 90.8 Å². The van der Waals surface area contributed by atoms with Crippen LogP contribution in [0.4, 0.5) is 0 Å². The predicted octanol–water partition coefficient (Wildman–Crippen LogP) is -0.713. The minimum atomic E-state index is -2.01. The number of ether oxygens (including phenoxy) is 6. The van der Waals surface area contributed by atoms with Gasteiger partial charge < -0.3 is 89.7 Å². The molecular weight excluding hydrogens is 868 g/mol. The van der Waals surface area contributed by atoms with Gasteiger partial charge >= 0.3 is 5.97 Å². The molecule has 0 radical (unpaired) electrons. The molecule has 4 saturated carbocycles. The Labute approximate surface area is 385 Å². The Morgan fingerprint density at radius 3 is 2.03 bits per heavy atom. The Bertz CT molecular complexity index is 1820. The highest BCUT2D eigenvalue weighted by Gasteiger charge is 2.71. The van der Waals surface area contributed by atoms with E-state index in [1.165, 1.54) is 5.57 Å². The first-order valence-electron chi connectivity index (χ1n) is 23.9. The van der Waals surface area contributed by atoms with Gasteiger partial charge in [-0.1, -0.05) is 60.1 Å². The molecule has 25 atom stereocenters. The van der Waals surface area contributed by atoms with Crippen LogP contribution < -0.4 is 0 Å². The maximum absolute atomic E-state index is 12.3. The molecule has 3 saturated heterocycles. The first kappa shape index (κ1) is 50.9. The number of rotatable bonds is 9. The maximum Gasteiger partial charge on any atom is 0.335 e. The standard InChI is InChI=1S/C47H76O19/c1-42(2)16-21-20-8-9-25-44(4)12-11-26(63-41-35(31(55)30(54)34(64-41)38(59)60)65-40-33(57)29(53)28(52)23(17-48)62-40)45(5,19-49)24(44)10-13-47(25,7)46(20,6)15-14-43(21,3)37(36(42)58)66-39-32(56)27(51)22(50)18-61-39/h8,21-37,39-41,48-58H,9-19H2,1-7H3,(H,59,60)/t21?,22-,23+,24?,25?,26-,27-,28-,29-,30-,31-,32+,33+,34-,35+,36-,37+,39-,40-,41+,43+,44-,45+,46+,47+/m0/s1. The number of aliphatic carboxylic acids is 1. The molecule has 0 aromatic rings. The molecular formula is C47H76O19. The minimum absolute atomic E-state index is 0.00294. The monoisotopic (exact) mass is 944 g/mol. The lowest BCUT2D eigenvalue weighted by atomic mass is 9.33. The third-order valence-electron chi connectivity index (χ3n) is 19.4. The number of hydrogen-bond acceptors (Lipinski definition) is 18. The van der Waals surface area contributed by atoms with Gasteiger partial charge in [0.05, 0.1) is 38.1 Å². The van der Waals surface area contributed by atoms with Gasteiger partial charge in [0.25, 0.3) is 0 Å². The molecule has 8 rings (SSSR count). The number of carboxylic acid groups (broad SMARTS) is 1. The third kappa shape index (κ3) is 7.60. The first-order valence-corrected chi connectivity index (χ1v) is 23.9.